The van der Waals surface area contributed by atoms with Crippen LogP contribution in [0.2, 0.25) is 0 Å². The maximum Gasteiger partial charge on any atom is 0.153 e. The third kappa shape index (κ3) is 2.88. The molecular formula is C25H27N3. The summed E-state index contributed by atoms with van der Waals surface area (Å²) in [5, 5.41) is 20.8. The first kappa shape index (κ1) is 19.7. The predicted molar refractivity (Wildman–Crippen MR) is 114 cm³/mol. The van der Waals surface area contributed by atoms with Gasteiger partial charge in [-0.05, 0) is 56.4 Å². The molecule has 1 aliphatic rings. The van der Waals surface area contributed by atoms with Crippen molar-refractivity contribution in [1.82, 2.24) is 0 Å². The number of hydrogen-bond donors (Lipinski definition) is 0. The fourth-order valence-corrected chi connectivity index (χ4v) is 4.83. The minimum Gasteiger partial charge on any atom is -0.355 e. The number of likely N-dealkylation sites (N-methyl/N-ethyl adjacent to an activating group) is 1. The second kappa shape index (κ2) is 7.53. The van der Waals surface area contributed by atoms with Gasteiger partial charge in [0.15, 0.2) is 5.54 Å². The molecule has 0 spiro atoms. The van der Waals surface area contributed by atoms with Crippen LogP contribution in [0.25, 0.3) is 0 Å². The molecule has 3 rings (SSSR count). The summed E-state index contributed by atoms with van der Waals surface area (Å²) in [6, 6.07) is 23.4. The third-order valence-electron chi connectivity index (χ3n) is 6.24. The Bertz CT molecular complexity index is 946. The van der Waals surface area contributed by atoms with Crippen LogP contribution in [0.1, 0.15) is 37.8 Å². The molecule has 0 heterocycles. The molecule has 0 saturated heterocycles. The van der Waals surface area contributed by atoms with Gasteiger partial charge in [0.1, 0.15) is 0 Å². The summed E-state index contributed by atoms with van der Waals surface area (Å²) < 4.78 is 0. The maximum atomic E-state index is 10.7. The van der Waals surface area contributed by atoms with Crippen molar-refractivity contribution in [2.24, 2.45) is 11.3 Å². The van der Waals surface area contributed by atoms with E-state index in [4.69, 9.17) is 0 Å². The predicted octanol–water partition coefficient (Wildman–Crippen LogP) is 5.47. The largest absolute Gasteiger partial charge is 0.355 e. The van der Waals surface area contributed by atoms with Gasteiger partial charge in [0.05, 0.1) is 17.6 Å². The molecule has 0 saturated carbocycles. The van der Waals surface area contributed by atoms with Crippen molar-refractivity contribution in [1.29, 1.82) is 10.5 Å². The molecule has 0 radical (unpaired) electrons. The van der Waals surface area contributed by atoms with E-state index in [0.29, 0.717) is 0 Å². The lowest BCUT2D eigenvalue weighted by Crippen LogP contribution is -2.60. The van der Waals surface area contributed by atoms with E-state index in [9.17, 15) is 10.5 Å². The van der Waals surface area contributed by atoms with Gasteiger partial charge < -0.3 is 4.90 Å². The smallest absolute Gasteiger partial charge is 0.153 e. The number of benzene rings is 2. The van der Waals surface area contributed by atoms with E-state index in [1.54, 1.807) is 0 Å². The lowest BCUT2D eigenvalue weighted by molar-refractivity contribution is 0.221. The van der Waals surface area contributed by atoms with Gasteiger partial charge in [-0.1, -0.05) is 54.6 Å². The molecule has 3 heteroatoms. The number of nitriles is 2. The number of rotatable bonds is 5. The van der Waals surface area contributed by atoms with Crippen LogP contribution in [0.4, 0.5) is 5.69 Å². The maximum absolute atomic E-state index is 10.7. The van der Waals surface area contributed by atoms with Crippen molar-refractivity contribution in [3.8, 4) is 12.1 Å². The van der Waals surface area contributed by atoms with Crippen LogP contribution in [0, 0.1) is 34.0 Å². The minimum absolute atomic E-state index is 0.107. The first-order valence-electron chi connectivity index (χ1n) is 9.75. The Morgan fingerprint density at radius 1 is 1.00 bits per heavy atom. The van der Waals surface area contributed by atoms with E-state index in [1.807, 2.05) is 69.1 Å². The van der Waals surface area contributed by atoms with Crippen LogP contribution in [-0.4, -0.2) is 12.6 Å². The van der Waals surface area contributed by atoms with Crippen molar-refractivity contribution >= 4 is 5.69 Å². The lowest BCUT2D eigenvalue weighted by Gasteiger charge is -2.50. The van der Waals surface area contributed by atoms with Crippen molar-refractivity contribution < 1.29 is 0 Å². The molecular weight excluding hydrogens is 342 g/mol. The Hall–Kier alpha value is -3.04. The van der Waals surface area contributed by atoms with Crippen LogP contribution in [0.15, 0.2) is 66.7 Å². The van der Waals surface area contributed by atoms with Crippen molar-refractivity contribution in [2.45, 2.75) is 38.6 Å². The summed E-state index contributed by atoms with van der Waals surface area (Å²) in [5.74, 6) is 0.0607. The lowest BCUT2D eigenvalue weighted by atomic mass is 9.61. The van der Waals surface area contributed by atoms with E-state index < -0.39 is 11.0 Å². The van der Waals surface area contributed by atoms with E-state index in [0.717, 1.165) is 12.1 Å². The average molecular weight is 370 g/mol. The molecule has 0 amide bonds. The highest BCUT2D eigenvalue weighted by molar-refractivity contribution is 5.57. The molecule has 0 bridgehead atoms. The normalized spacial score (nSPS) is 20.8. The molecule has 0 aromatic heterocycles. The van der Waals surface area contributed by atoms with Gasteiger partial charge in [-0.3, -0.25) is 0 Å². The van der Waals surface area contributed by atoms with Crippen LogP contribution in [-0.2, 0) is 6.42 Å². The van der Waals surface area contributed by atoms with Crippen LogP contribution in [0.3, 0.4) is 0 Å². The summed E-state index contributed by atoms with van der Waals surface area (Å²) in [4.78, 5) is 2.03. The average Bonchev–Trinajstić information content (AvgIpc) is 3.08. The number of nitrogens with zero attached hydrogens (tertiary/aromatic N) is 3. The summed E-state index contributed by atoms with van der Waals surface area (Å²) in [5.41, 5.74) is 1.47. The fourth-order valence-electron chi connectivity index (χ4n) is 4.83. The molecule has 142 valence electrons. The molecule has 28 heavy (non-hydrogen) atoms. The summed E-state index contributed by atoms with van der Waals surface area (Å²) in [6.07, 6.45) is 5.15. The Kier molecular flexibility index (Phi) is 5.30. The Morgan fingerprint density at radius 2 is 1.64 bits per heavy atom. The second-order valence-electron chi connectivity index (χ2n) is 8.08. The van der Waals surface area contributed by atoms with E-state index in [2.05, 4.69) is 42.5 Å². The molecule has 0 unspecified atom stereocenters. The Morgan fingerprint density at radius 3 is 2.25 bits per heavy atom. The van der Waals surface area contributed by atoms with Crippen LogP contribution in [0.5, 0.6) is 0 Å². The van der Waals surface area contributed by atoms with Gasteiger partial charge >= 0.3 is 0 Å². The number of fused-ring (bicyclic) bond motifs is 1. The summed E-state index contributed by atoms with van der Waals surface area (Å²) in [6.45, 7) is 5.80. The molecule has 1 aliphatic carbocycles. The van der Waals surface area contributed by atoms with Crippen molar-refractivity contribution in [2.75, 3.05) is 11.9 Å². The summed E-state index contributed by atoms with van der Waals surface area (Å²) in [7, 11) is 1.95. The van der Waals surface area contributed by atoms with Gasteiger partial charge in [0.25, 0.3) is 0 Å². The number of hydrogen-bond acceptors (Lipinski definition) is 3. The van der Waals surface area contributed by atoms with Crippen molar-refractivity contribution in [3.63, 3.8) is 0 Å². The van der Waals surface area contributed by atoms with Gasteiger partial charge in [-0.15, -0.1) is 0 Å². The first-order chi connectivity index (χ1) is 13.4. The molecule has 2 aromatic rings. The van der Waals surface area contributed by atoms with Gasteiger partial charge in [0.2, 0.25) is 0 Å². The Balaban J connectivity index is 2.30. The van der Waals surface area contributed by atoms with Gasteiger partial charge in [-0.2, -0.15) is 10.5 Å². The topological polar surface area (TPSA) is 50.8 Å². The molecule has 0 aliphatic heterocycles. The highest BCUT2D eigenvalue weighted by Crippen LogP contribution is 2.54. The SMILES string of the molecule is C/C=C/[C@H]1Cc2ccccc2[C@@H]1[C@](C#N)(N(C)c1ccccc1)C(C)(C)C#N. The van der Waals surface area contributed by atoms with E-state index in [1.165, 1.54) is 11.1 Å². The molecule has 0 N–H and O–H groups in total. The first-order valence-corrected chi connectivity index (χ1v) is 9.75. The highest BCUT2D eigenvalue weighted by atomic mass is 15.2. The van der Waals surface area contributed by atoms with Crippen molar-refractivity contribution in [3.05, 3.63) is 77.9 Å². The van der Waals surface area contributed by atoms with Gasteiger partial charge in [-0.25, -0.2) is 0 Å². The molecule has 0 fully saturated rings. The number of anilines is 1. The molecule has 2 aromatic carbocycles. The van der Waals surface area contributed by atoms with E-state index >= 15 is 0 Å². The zero-order chi connectivity index (χ0) is 20.4. The summed E-state index contributed by atoms with van der Waals surface area (Å²) >= 11 is 0. The highest BCUT2D eigenvalue weighted by Gasteiger charge is 2.59. The molecule has 3 atom stereocenters. The van der Waals surface area contributed by atoms with Crippen LogP contribution < -0.4 is 4.90 Å². The third-order valence-corrected chi connectivity index (χ3v) is 6.24. The quantitative estimate of drug-likeness (QED) is 0.657. The standard InChI is InChI=1S/C25H27N3/c1-5-11-20-16-19-12-9-10-15-22(19)23(20)25(18-27,24(2,3)17-26)28(4)21-13-7-6-8-14-21/h5-15,20,23H,16H2,1-4H3/b11-5+/t20-,23+,25-/m0/s1. The minimum atomic E-state index is -1.03. The monoisotopic (exact) mass is 369 g/mol. The van der Waals surface area contributed by atoms with Crippen LogP contribution >= 0.6 is 0 Å². The zero-order valence-corrected chi connectivity index (χ0v) is 17.1. The number of allylic oxidation sites excluding steroid dienone is 2. The van der Waals surface area contributed by atoms with E-state index in [-0.39, 0.29) is 11.8 Å². The fraction of sp³-hybridized carbons (Fsp3) is 0.360. The second-order valence-corrected chi connectivity index (χ2v) is 8.08. The number of para-hydroxylation sites is 1. The Labute approximate surface area is 168 Å². The zero-order valence-electron chi connectivity index (χ0n) is 17.1. The molecule has 3 nitrogen and oxygen atoms in total. The van der Waals surface area contributed by atoms with Gasteiger partial charge in [0, 0.05) is 18.7 Å².